The lowest BCUT2D eigenvalue weighted by Gasteiger charge is -2.27. The number of primary amides is 1. The molecule has 0 aliphatic heterocycles. The number of hydrogen-bond donors (Lipinski definition) is 1. The van der Waals surface area contributed by atoms with Crippen molar-refractivity contribution in [3.8, 4) is 0 Å². The van der Waals surface area contributed by atoms with Crippen LogP contribution in [0.25, 0.3) is 0 Å². The summed E-state index contributed by atoms with van der Waals surface area (Å²) in [6, 6.07) is 2.53. The molecule has 5 nitrogen and oxygen atoms in total. The maximum Gasteiger partial charge on any atom is 0.256 e. The van der Waals surface area contributed by atoms with Crippen LogP contribution >= 0.6 is 0 Å². The number of hydrogen-bond acceptors (Lipinski definition) is 3. The van der Waals surface area contributed by atoms with Crippen LogP contribution in [0, 0.1) is 5.95 Å². The molecule has 2 amide bonds. The highest BCUT2D eigenvalue weighted by molar-refractivity contribution is 5.96. The number of amides is 2. The number of halogens is 1. The van der Waals surface area contributed by atoms with Crippen LogP contribution in [0.2, 0.25) is 0 Å². The van der Waals surface area contributed by atoms with Crippen LogP contribution in [0.1, 0.15) is 36.0 Å². The van der Waals surface area contributed by atoms with Gasteiger partial charge in [-0.3, -0.25) is 9.59 Å². The minimum absolute atomic E-state index is 0.0325. The molecule has 1 heterocycles. The van der Waals surface area contributed by atoms with Crippen LogP contribution in [-0.2, 0) is 4.79 Å². The zero-order valence-electron chi connectivity index (χ0n) is 10.5. The Bertz CT molecular complexity index is 469. The number of pyridine rings is 1. The Kier molecular flexibility index (Phi) is 4.09. The summed E-state index contributed by atoms with van der Waals surface area (Å²) >= 11 is 0. The molecular formula is C13H16FN3O2. The zero-order valence-corrected chi connectivity index (χ0v) is 10.5. The summed E-state index contributed by atoms with van der Waals surface area (Å²) in [4.78, 5) is 28.4. The monoisotopic (exact) mass is 265 g/mol. The van der Waals surface area contributed by atoms with Crippen LogP contribution in [0.5, 0.6) is 0 Å². The lowest BCUT2D eigenvalue weighted by Crippen LogP contribution is -2.44. The van der Waals surface area contributed by atoms with Gasteiger partial charge in [-0.15, -0.1) is 0 Å². The van der Waals surface area contributed by atoms with Gasteiger partial charge in [-0.05, 0) is 25.0 Å². The molecule has 102 valence electrons. The predicted molar refractivity (Wildman–Crippen MR) is 66.7 cm³/mol. The Morgan fingerprint density at radius 3 is 2.58 bits per heavy atom. The molecular weight excluding hydrogens is 249 g/mol. The Hall–Kier alpha value is -1.98. The molecule has 0 spiro atoms. The molecule has 1 aliphatic carbocycles. The number of aromatic nitrogens is 1. The van der Waals surface area contributed by atoms with Gasteiger partial charge in [0.05, 0.1) is 12.1 Å². The van der Waals surface area contributed by atoms with Crippen molar-refractivity contribution in [3.05, 3.63) is 29.8 Å². The van der Waals surface area contributed by atoms with Gasteiger partial charge in [0.25, 0.3) is 5.91 Å². The molecule has 1 saturated carbocycles. The molecule has 2 rings (SSSR count). The molecule has 0 unspecified atom stereocenters. The average Bonchev–Trinajstić information content (AvgIpc) is 2.89. The van der Waals surface area contributed by atoms with Gasteiger partial charge in [-0.25, -0.2) is 4.98 Å². The van der Waals surface area contributed by atoms with Crippen LogP contribution in [0.3, 0.4) is 0 Å². The van der Waals surface area contributed by atoms with E-state index in [9.17, 15) is 14.0 Å². The van der Waals surface area contributed by atoms with Gasteiger partial charge in [0, 0.05) is 12.2 Å². The quantitative estimate of drug-likeness (QED) is 0.828. The molecule has 0 atom stereocenters. The number of nitrogens with two attached hydrogens (primary N) is 1. The molecule has 1 aromatic rings. The average molecular weight is 265 g/mol. The van der Waals surface area contributed by atoms with E-state index in [1.54, 1.807) is 0 Å². The van der Waals surface area contributed by atoms with Gasteiger partial charge < -0.3 is 10.6 Å². The maximum absolute atomic E-state index is 12.8. The topological polar surface area (TPSA) is 76.3 Å². The van der Waals surface area contributed by atoms with Crippen molar-refractivity contribution >= 4 is 11.8 Å². The minimum Gasteiger partial charge on any atom is -0.368 e. The highest BCUT2D eigenvalue weighted by Crippen LogP contribution is 2.24. The number of rotatable bonds is 4. The highest BCUT2D eigenvalue weighted by Gasteiger charge is 2.28. The first-order valence-corrected chi connectivity index (χ1v) is 6.29. The lowest BCUT2D eigenvalue weighted by atomic mass is 10.1. The van der Waals surface area contributed by atoms with Crippen molar-refractivity contribution in [1.29, 1.82) is 0 Å². The normalized spacial score (nSPS) is 15.4. The standard InChI is InChI=1S/C13H16FN3O2/c14-11-6-5-9(7-16-11)13(19)17(8-12(15)18)10-3-1-2-4-10/h5-7,10H,1-4,8H2,(H2,15,18). The molecule has 19 heavy (non-hydrogen) atoms. The van der Waals surface area contributed by atoms with Crippen molar-refractivity contribution in [2.45, 2.75) is 31.7 Å². The third kappa shape index (κ3) is 3.27. The fourth-order valence-electron chi connectivity index (χ4n) is 2.42. The zero-order chi connectivity index (χ0) is 13.8. The highest BCUT2D eigenvalue weighted by atomic mass is 19.1. The lowest BCUT2D eigenvalue weighted by molar-refractivity contribution is -0.119. The maximum atomic E-state index is 12.8. The van der Waals surface area contributed by atoms with E-state index in [-0.39, 0.29) is 24.1 Å². The summed E-state index contributed by atoms with van der Waals surface area (Å²) in [5.74, 6) is -1.51. The van der Waals surface area contributed by atoms with Crippen LogP contribution < -0.4 is 5.73 Å². The number of nitrogens with zero attached hydrogens (tertiary/aromatic N) is 2. The SMILES string of the molecule is NC(=O)CN(C(=O)c1ccc(F)nc1)C1CCCC1. The predicted octanol–water partition coefficient (Wildman–Crippen LogP) is 1.09. The molecule has 1 aromatic heterocycles. The van der Waals surface area contributed by atoms with E-state index >= 15 is 0 Å². The van der Waals surface area contributed by atoms with Crippen molar-refractivity contribution in [3.63, 3.8) is 0 Å². The van der Waals surface area contributed by atoms with Crippen LogP contribution in [0.15, 0.2) is 18.3 Å². The summed E-state index contributed by atoms with van der Waals surface area (Å²) in [5, 5.41) is 0. The molecule has 0 saturated heterocycles. The Balaban J connectivity index is 2.18. The summed E-state index contributed by atoms with van der Waals surface area (Å²) < 4.78 is 12.8. The second-order valence-electron chi connectivity index (χ2n) is 4.71. The fraction of sp³-hybridized carbons (Fsp3) is 0.462. The van der Waals surface area contributed by atoms with Gasteiger partial charge in [0.15, 0.2) is 0 Å². The van der Waals surface area contributed by atoms with Crippen LogP contribution in [-0.4, -0.2) is 34.3 Å². The van der Waals surface area contributed by atoms with E-state index in [4.69, 9.17) is 5.73 Å². The van der Waals surface area contributed by atoms with Crippen molar-refractivity contribution in [1.82, 2.24) is 9.88 Å². The molecule has 6 heteroatoms. The van der Waals surface area contributed by atoms with E-state index in [1.165, 1.54) is 17.2 Å². The van der Waals surface area contributed by atoms with E-state index in [2.05, 4.69) is 4.98 Å². The van der Waals surface area contributed by atoms with Gasteiger partial charge in [0.2, 0.25) is 11.9 Å². The summed E-state index contributed by atoms with van der Waals surface area (Å²) in [6.45, 7) is -0.110. The van der Waals surface area contributed by atoms with E-state index in [0.29, 0.717) is 0 Å². The first kappa shape index (κ1) is 13.5. The van der Waals surface area contributed by atoms with Crippen molar-refractivity contribution in [2.24, 2.45) is 5.73 Å². The van der Waals surface area contributed by atoms with E-state index in [0.717, 1.165) is 31.7 Å². The van der Waals surface area contributed by atoms with Crippen molar-refractivity contribution < 1.29 is 14.0 Å². The molecule has 0 bridgehead atoms. The summed E-state index contributed by atoms with van der Waals surface area (Å²) in [5.41, 5.74) is 5.47. The van der Waals surface area contributed by atoms with Gasteiger partial charge in [0.1, 0.15) is 0 Å². The van der Waals surface area contributed by atoms with E-state index < -0.39 is 11.9 Å². The number of carbonyl (C=O) groups is 2. The third-order valence-corrected chi connectivity index (χ3v) is 3.33. The Labute approximate surface area is 110 Å². The van der Waals surface area contributed by atoms with Gasteiger partial charge in [-0.1, -0.05) is 12.8 Å². The molecule has 0 aromatic carbocycles. The van der Waals surface area contributed by atoms with Crippen LogP contribution in [0.4, 0.5) is 4.39 Å². The van der Waals surface area contributed by atoms with Gasteiger partial charge in [-0.2, -0.15) is 4.39 Å². The first-order chi connectivity index (χ1) is 9.08. The molecule has 2 N–H and O–H groups in total. The second-order valence-corrected chi connectivity index (χ2v) is 4.71. The first-order valence-electron chi connectivity index (χ1n) is 6.29. The van der Waals surface area contributed by atoms with E-state index in [1.807, 2.05) is 0 Å². The van der Waals surface area contributed by atoms with Gasteiger partial charge >= 0.3 is 0 Å². The van der Waals surface area contributed by atoms with Crippen molar-refractivity contribution in [2.75, 3.05) is 6.54 Å². The number of carbonyl (C=O) groups excluding carboxylic acids is 2. The minimum atomic E-state index is -0.640. The fourth-order valence-corrected chi connectivity index (χ4v) is 2.42. The smallest absolute Gasteiger partial charge is 0.256 e. The Morgan fingerprint density at radius 1 is 1.37 bits per heavy atom. The molecule has 1 aliphatic rings. The summed E-state index contributed by atoms with van der Waals surface area (Å²) in [7, 11) is 0. The largest absolute Gasteiger partial charge is 0.368 e. The molecule has 0 radical (unpaired) electrons. The Morgan fingerprint density at radius 2 is 2.05 bits per heavy atom. The summed E-state index contributed by atoms with van der Waals surface area (Å²) in [6.07, 6.45) is 4.99. The second kappa shape index (κ2) is 5.77. The third-order valence-electron chi connectivity index (χ3n) is 3.33. The molecule has 1 fully saturated rings.